The predicted molar refractivity (Wildman–Crippen MR) is 130 cm³/mol. The van der Waals surface area contributed by atoms with Crippen LogP contribution >= 0.6 is 23.6 Å². The van der Waals surface area contributed by atoms with Gasteiger partial charge in [-0.15, -0.1) is 11.3 Å². The number of nitrogens with zero attached hydrogens (tertiary/aromatic N) is 2. The predicted octanol–water partition coefficient (Wildman–Crippen LogP) is 5.65. The average molecular weight is 441 g/mol. The number of amides is 2. The molecule has 3 aromatic carbocycles. The second kappa shape index (κ2) is 7.91. The second-order valence-electron chi connectivity index (χ2n) is 6.97. The van der Waals surface area contributed by atoms with Gasteiger partial charge in [-0.3, -0.25) is 19.4 Å². The van der Waals surface area contributed by atoms with Crippen molar-refractivity contribution in [1.29, 1.82) is 0 Å². The van der Waals surface area contributed by atoms with E-state index in [4.69, 9.17) is 12.2 Å². The molecule has 0 radical (unpaired) electrons. The molecule has 1 aliphatic heterocycles. The van der Waals surface area contributed by atoms with Crippen LogP contribution in [0.1, 0.15) is 4.88 Å². The number of hydrogen-bond acceptors (Lipinski definition) is 4. The highest BCUT2D eigenvalue weighted by Crippen LogP contribution is 2.34. The summed E-state index contributed by atoms with van der Waals surface area (Å²) in [6, 6.07) is 26.5. The van der Waals surface area contributed by atoms with E-state index >= 15 is 0 Å². The zero-order valence-corrected chi connectivity index (χ0v) is 17.9. The van der Waals surface area contributed by atoms with Gasteiger partial charge >= 0.3 is 0 Å². The van der Waals surface area contributed by atoms with E-state index < -0.39 is 11.8 Å². The number of hydrogen-bond donors (Lipinski definition) is 0. The first-order chi connectivity index (χ1) is 15.1. The molecule has 0 spiro atoms. The SMILES string of the molecule is O=C1/C(=C\c2cccs2)C(=O)N(c2cccc3ccccc23)C(=S)N1c1ccccc1. The summed E-state index contributed by atoms with van der Waals surface area (Å²) < 4.78 is 0. The van der Waals surface area contributed by atoms with Crippen molar-refractivity contribution in [2.75, 3.05) is 9.80 Å². The molecule has 1 saturated heterocycles. The van der Waals surface area contributed by atoms with Gasteiger partial charge in [-0.25, -0.2) is 0 Å². The largest absolute Gasteiger partial charge is 0.270 e. The first kappa shape index (κ1) is 19.4. The number of thiocarbonyl (C=S) groups is 1. The summed E-state index contributed by atoms with van der Waals surface area (Å²) in [6.45, 7) is 0. The summed E-state index contributed by atoms with van der Waals surface area (Å²) in [5.41, 5.74) is 1.35. The van der Waals surface area contributed by atoms with E-state index in [2.05, 4.69) is 0 Å². The van der Waals surface area contributed by atoms with Gasteiger partial charge in [-0.2, -0.15) is 0 Å². The Kier molecular flexibility index (Phi) is 4.94. The number of carbonyl (C=O) groups excluding carboxylic acids is 2. The summed E-state index contributed by atoms with van der Waals surface area (Å²) in [4.78, 5) is 30.8. The Labute approximate surface area is 188 Å². The van der Waals surface area contributed by atoms with Gasteiger partial charge < -0.3 is 0 Å². The Bertz CT molecular complexity index is 1340. The van der Waals surface area contributed by atoms with Crippen LogP contribution in [0.5, 0.6) is 0 Å². The monoisotopic (exact) mass is 440 g/mol. The fraction of sp³-hybridized carbons (Fsp3) is 0. The maximum Gasteiger partial charge on any atom is 0.270 e. The zero-order valence-electron chi connectivity index (χ0n) is 16.3. The number of anilines is 2. The van der Waals surface area contributed by atoms with E-state index in [1.54, 1.807) is 6.08 Å². The summed E-state index contributed by atoms with van der Waals surface area (Å²) in [5, 5.41) is 3.92. The quantitative estimate of drug-likeness (QED) is 0.235. The molecule has 4 aromatic rings. The van der Waals surface area contributed by atoms with E-state index in [1.165, 1.54) is 21.1 Å². The Balaban J connectivity index is 1.72. The molecular formula is C25H16N2O2S2. The van der Waals surface area contributed by atoms with Crippen molar-refractivity contribution in [3.8, 4) is 0 Å². The van der Waals surface area contributed by atoms with Crippen molar-refractivity contribution in [3.63, 3.8) is 0 Å². The molecule has 5 rings (SSSR count). The third-order valence-electron chi connectivity index (χ3n) is 5.10. The van der Waals surface area contributed by atoms with Crippen LogP contribution in [0.25, 0.3) is 16.8 Å². The number of benzene rings is 3. The molecule has 31 heavy (non-hydrogen) atoms. The minimum absolute atomic E-state index is 0.0767. The third-order valence-corrected chi connectivity index (χ3v) is 6.29. The molecule has 1 fully saturated rings. The molecule has 1 aromatic heterocycles. The van der Waals surface area contributed by atoms with Crippen LogP contribution in [-0.4, -0.2) is 16.9 Å². The summed E-state index contributed by atoms with van der Waals surface area (Å²) in [7, 11) is 0. The molecule has 0 N–H and O–H groups in total. The van der Waals surface area contributed by atoms with Crippen molar-refractivity contribution in [2.45, 2.75) is 0 Å². The maximum atomic E-state index is 13.6. The van der Waals surface area contributed by atoms with Gasteiger partial charge in [0.2, 0.25) is 0 Å². The van der Waals surface area contributed by atoms with Crippen molar-refractivity contribution in [1.82, 2.24) is 0 Å². The third kappa shape index (κ3) is 3.36. The molecule has 0 aliphatic carbocycles. The standard InChI is InChI=1S/C25H16N2O2S2/c28-23-21(16-19-12-7-15-31-19)24(29)27(25(30)26(23)18-10-2-1-3-11-18)22-14-6-9-17-8-4-5-13-20(17)22/h1-16H/b21-16+. The number of thiophene rings is 1. The molecule has 6 heteroatoms. The molecule has 0 saturated carbocycles. The first-order valence-corrected chi connectivity index (χ1v) is 10.9. The Morgan fingerprint density at radius 3 is 2.23 bits per heavy atom. The van der Waals surface area contributed by atoms with E-state index in [1.807, 2.05) is 90.3 Å². The molecule has 1 aliphatic rings. The summed E-state index contributed by atoms with van der Waals surface area (Å²) in [6.07, 6.45) is 1.64. The van der Waals surface area contributed by atoms with Crippen molar-refractivity contribution in [3.05, 3.63) is 101 Å². The van der Waals surface area contributed by atoms with Gasteiger partial charge in [0, 0.05) is 10.3 Å². The van der Waals surface area contributed by atoms with Crippen molar-refractivity contribution >= 4 is 68.7 Å². The molecule has 0 unspecified atom stereocenters. The van der Waals surface area contributed by atoms with Gasteiger partial charge in [0.25, 0.3) is 11.8 Å². The lowest BCUT2D eigenvalue weighted by Crippen LogP contribution is -2.57. The zero-order chi connectivity index (χ0) is 21.4. The lowest BCUT2D eigenvalue weighted by Gasteiger charge is -2.37. The smallest absolute Gasteiger partial charge is 0.268 e. The van der Waals surface area contributed by atoms with Gasteiger partial charge in [0.05, 0.1) is 11.4 Å². The van der Waals surface area contributed by atoms with E-state index in [-0.39, 0.29) is 10.7 Å². The Morgan fingerprint density at radius 1 is 0.742 bits per heavy atom. The maximum absolute atomic E-state index is 13.6. The van der Waals surface area contributed by atoms with Crippen LogP contribution in [0.3, 0.4) is 0 Å². The molecule has 0 atom stereocenters. The highest BCUT2D eigenvalue weighted by atomic mass is 32.1. The molecule has 150 valence electrons. The Morgan fingerprint density at radius 2 is 1.45 bits per heavy atom. The number of fused-ring (bicyclic) bond motifs is 1. The molecule has 0 bridgehead atoms. The molecule has 4 nitrogen and oxygen atoms in total. The summed E-state index contributed by atoms with van der Waals surface area (Å²) >= 11 is 7.18. The fourth-order valence-electron chi connectivity index (χ4n) is 3.67. The Hall–Kier alpha value is -3.61. The molecular weight excluding hydrogens is 424 g/mol. The van der Waals surface area contributed by atoms with E-state index in [0.717, 1.165) is 15.6 Å². The lowest BCUT2D eigenvalue weighted by atomic mass is 10.0. The highest BCUT2D eigenvalue weighted by Gasteiger charge is 2.41. The van der Waals surface area contributed by atoms with E-state index in [0.29, 0.717) is 11.4 Å². The number of rotatable bonds is 3. The normalized spacial score (nSPS) is 15.9. The highest BCUT2D eigenvalue weighted by molar-refractivity contribution is 7.81. The van der Waals surface area contributed by atoms with Gasteiger partial charge in [-0.05, 0) is 53.3 Å². The number of carbonyl (C=O) groups is 2. The van der Waals surface area contributed by atoms with Crippen LogP contribution < -0.4 is 9.80 Å². The van der Waals surface area contributed by atoms with Crippen LogP contribution in [-0.2, 0) is 9.59 Å². The van der Waals surface area contributed by atoms with Gasteiger partial charge in [0.1, 0.15) is 5.57 Å². The topological polar surface area (TPSA) is 40.6 Å². The van der Waals surface area contributed by atoms with Crippen LogP contribution in [0.4, 0.5) is 11.4 Å². The minimum atomic E-state index is -0.425. The lowest BCUT2D eigenvalue weighted by molar-refractivity contribution is -0.120. The second-order valence-corrected chi connectivity index (χ2v) is 8.32. The fourth-order valence-corrected chi connectivity index (χ4v) is 4.69. The van der Waals surface area contributed by atoms with Gasteiger partial charge in [0.15, 0.2) is 5.11 Å². The van der Waals surface area contributed by atoms with Crippen molar-refractivity contribution < 1.29 is 9.59 Å². The summed E-state index contributed by atoms with van der Waals surface area (Å²) in [5.74, 6) is -0.849. The van der Waals surface area contributed by atoms with E-state index in [9.17, 15) is 9.59 Å². The van der Waals surface area contributed by atoms with Crippen LogP contribution in [0, 0.1) is 0 Å². The average Bonchev–Trinajstić information content (AvgIpc) is 3.31. The first-order valence-electron chi connectivity index (χ1n) is 9.66. The van der Waals surface area contributed by atoms with Crippen LogP contribution in [0.15, 0.2) is 95.9 Å². The molecule has 2 heterocycles. The van der Waals surface area contributed by atoms with Crippen LogP contribution in [0.2, 0.25) is 0 Å². The molecule has 2 amide bonds. The van der Waals surface area contributed by atoms with Crippen molar-refractivity contribution in [2.24, 2.45) is 0 Å². The van der Waals surface area contributed by atoms with Gasteiger partial charge in [-0.1, -0.05) is 60.7 Å². The number of para-hydroxylation sites is 1. The minimum Gasteiger partial charge on any atom is -0.268 e.